The molecule has 1 fully saturated rings. The predicted octanol–water partition coefficient (Wildman–Crippen LogP) is 3.79. The van der Waals surface area contributed by atoms with Crippen LogP contribution < -0.4 is 15.4 Å². The van der Waals surface area contributed by atoms with Crippen LogP contribution in [0.3, 0.4) is 0 Å². The Hall–Kier alpha value is -2.41. The Morgan fingerprint density at radius 1 is 1.24 bits per heavy atom. The number of hydrogen-bond acceptors (Lipinski definition) is 4. The maximum Gasteiger partial charge on any atom is 0.324 e. The summed E-state index contributed by atoms with van der Waals surface area (Å²) in [6.07, 6.45) is 6.91. The number of nitrogens with zero attached hydrogens (tertiary/aromatic N) is 1. The van der Waals surface area contributed by atoms with Gasteiger partial charge in [-0.05, 0) is 56.3 Å². The molecular weight excluding hydrogens is 373 g/mol. The van der Waals surface area contributed by atoms with Crippen molar-refractivity contribution in [1.82, 2.24) is 15.5 Å². The van der Waals surface area contributed by atoms with Crippen LogP contribution in [0.2, 0.25) is 0 Å². The number of imide groups is 1. The largest absolute Gasteiger partial charge is 0.490 e. The molecule has 1 aromatic carbocycles. The first kappa shape index (κ1) is 22.9. The molecule has 0 spiro atoms. The Bertz CT molecular complexity index is 721. The summed E-state index contributed by atoms with van der Waals surface area (Å²) in [5.74, 6) is 0.0774. The number of rotatable bonds is 12. The average molecular weight is 406 g/mol. The van der Waals surface area contributed by atoms with E-state index in [4.69, 9.17) is 4.74 Å². The van der Waals surface area contributed by atoms with E-state index in [1.54, 1.807) is 12.1 Å². The van der Waals surface area contributed by atoms with Crippen molar-refractivity contribution < 1.29 is 18.7 Å². The molecular formula is C22H32FN3O3. The van der Waals surface area contributed by atoms with E-state index >= 15 is 0 Å². The van der Waals surface area contributed by atoms with Gasteiger partial charge in [0.05, 0.1) is 6.61 Å². The number of benzene rings is 1. The molecule has 160 valence electrons. The average Bonchev–Trinajstić information content (AvgIpc) is 3.00. The smallest absolute Gasteiger partial charge is 0.324 e. The van der Waals surface area contributed by atoms with E-state index in [0.29, 0.717) is 24.8 Å². The highest BCUT2D eigenvalue weighted by Gasteiger charge is 2.24. The summed E-state index contributed by atoms with van der Waals surface area (Å²) >= 11 is 0. The van der Waals surface area contributed by atoms with Gasteiger partial charge in [0.15, 0.2) is 11.6 Å². The fourth-order valence-electron chi connectivity index (χ4n) is 2.93. The first-order valence-corrected chi connectivity index (χ1v) is 10.3. The van der Waals surface area contributed by atoms with Crippen LogP contribution >= 0.6 is 0 Å². The number of hydrogen-bond donors (Lipinski definition) is 2. The van der Waals surface area contributed by atoms with E-state index in [1.165, 1.54) is 11.0 Å². The number of carbonyl (C=O) groups excluding carboxylic acids is 2. The minimum Gasteiger partial charge on any atom is -0.490 e. The Balaban J connectivity index is 1.63. The van der Waals surface area contributed by atoms with Gasteiger partial charge < -0.3 is 15.0 Å². The fraction of sp³-hybridized carbons (Fsp3) is 0.545. The maximum absolute atomic E-state index is 13.9. The molecule has 1 aliphatic rings. The molecule has 2 N–H and O–H groups in total. The van der Waals surface area contributed by atoms with Gasteiger partial charge in [-0.1, -0.05) is 32.1 Å². The van der Waals surface area contributed by atoms with Crippen LogP contribution in [0.4, 0.5) is 9.18 Å². The monoisotopic (exact) mass is 405 g/mol. The van der Waals surface area contributed by atoms with Gasteiger partial charge in [-0.25, -0.2) is 9.18 Å². The van der Waals surface area contributed by atoms with Crippen LogP contribution in [0.15, 0.2) is 30.4 Å². The molecule has 0 aliphatic carbocycles. The number of carbonyl (C=O) groups is 2. The summed E-state index contributed by atoms with van der Waals surface area (Å²) in [4.78, 5) is 24.0. The van der Waals surface area contributed by atoms with Gasteiger partial charge in [-0.15, -0.1) is 0 Å². The van der Waals surface area contributed by atoms with Gasteiger partial charge in [0.1, 0.15) is 6.54 Å². The van der Waals surface area contributed by atoms with Crippen molar-refractivity contribution in [2.24, 2.45) is 5.92 Å². The number of urea groups is 1. The zero-order valence-electron chi connectivity index (χ0n) is 17.5. The number of nitrogens with one attached hydrogen (secondary N) is 2. The number of halogens is 1. The molecule has 0 unspecified atom stereocenters. The third kappa shape index (κ3) is 7.85. The van der Waals surface area contributed by atoms with Gasteiger partial charge in [0.25, 0.3) is 0 Å². The summed E-state index contributed by atoms with van der Waals surface area (Å²) in [6, 6.07) is 4.81. The topological polar surface area (TPSA) is 70.7 Å². The Labute approximate surface area is 172 Å². The van der Waals surface area contributed by atoms with Crippen molar-refractivity contribution in [3.05, 3.63) is 41.7 Å². The number of amides is 3. The minimum atomic E-state index is -0.329. The quantitative estimate of drug-likeness (QED) is 0.315. The minimum absolute atomic E-state index is 0.110. The van der Waals surface area contributed by atoms with Crippen LogP contribution in [-0.4, -0.2) is 43.1 Å². The van der Waals surface area contributed by atoms with Gasteiger partial charge in [0.2, 0.25) is 5.91 Å². The number of unbranched alkanes of at least 4 members (excludes halogenated alkanes) is 2. The molecule has 0 saturated carbocycles. The number of allylic oxidation sites excluding steroid dienone is 1. The van der Waals surface area contributed by atoms with Crippen LogP contribution in [0.1, 0.15) is 51.6 Å². The summed E-state index contributed by atoms with van der Waals surface area (Å²) in [5, 5.41) is 5.71. The van der Waals surface area contributed by atoms with Crippen molar-refractivity contribution in [2.75, 3.05) is 26.2 Å². The van der Waals surface area contributed by atoms with E-state index < -0.39 is 0 Å². The van der Waals surface area contributed by atoms with E-state index in [9.17, 15) is 14.0 Å². The number of ether oxygens (including phenoxy) is 1. The zero-order valence-corrected chi connectivity index (χ0v) is 17.5. The van der Waals surface area contributed by atoms with Crippen molar-refractivity contribution >= 4 is 11.9 Å². The van der Waals surface area contributed by atoms with Crippen molar-refractivity contribution in [1.29, 1.82) is 0 Å². The van der Waals surface area contributed by atoms with E-state index in [1.807, 2.05) is 26.0 Å². The molecule has 29 heavy (non-hydrogen) atoms. The molecule has 1 heterocycles. The Morgan fingerprint density at radius 2 is 2.03 bits per heavy atom. The van der Waals surface area contributed by atoms with Crippen molar-refractivity contribution in [3.8, 4) is 5.75 Å². The molecule has 2 rings (SSSR count). The highest BCUT2D eigenvalue weighted by atomic mass is 19.1. The summed E-state index contributed by atoms with van der Waals surface area (Å²) in [7, 11) is 0. The highest BCUT2D eigenvalue weighted by Crippen LogP contribution is 2.23. The molecule has 1 saturated heterocycles. The lowest BCUT2D eigenvalue weighted by Crippen LogP contribution is -2.28. The first-order chi connectivity index (χ1) is 13.9. The highest BCUT2D eigenvalue weighted by molar-refractivity contribution is 6.01. The lowest BCUT2D eigenvalue weighted by atomic mass is 10.1. The SMILES string of the molecule is CC(C)COc1cc([C@@H](C)NCCCC/C=C/CN2CC(=O)NC2=O)ccc1F. The van der Waals surface area contributed by atoms with Gasteiger partial charge in [-0.3, -0.25) is 10.1 Å². The first-order valence-electron chi connectivity index (χ1n) is 10.3. The summed E-state index contributed by atoms with van der Waals surface area (Å²) in [5.41, 5.74) is 1.00. The predicted molar refractivity (Wildman–Crippen MR) is 111 cm³/mol. The Kier molecular flexibility index (Phi) is 9.12. The summed E-state index contributed by atoms with van der Waals surface area (Å²) < 4.78 is 19.4. The third-order valence-corrected chi connectivity index (χ3v) is 4.64. The molecule has 0 radical (unpaired) electrons. The molecule has 0 aromatic heterocycles. The van der Waals surface area contributed by atoms with Gasteiger partial charge >= 0.3 is 6.03 Å². The van der Waals surface area contributed by atoms with E-state index in [-0.39, 0.29) is 30.3 Å². The van der Waals surface area contributed by atoms with Crippen LogP contribution in [0, 0.1) is 11.7 Å². The lowest BCUT2D eigenvalue weighted by Gasteiger charge is -2.16. The van der Waals surface area contributed by atoms with Crippen molar-refractivity contribution in [2.45, 2.75) is 46.1 Å². The molecule has 3 amide bonds. The standard InChI is InChI=1S/C22H32FN3O3/c1-16(2)15-29-20-13-18(9-10-19(20)23)17(3)24-11-7-5-4-6-8-12-26-14-21(27)25-22(26)28/h6,8-10,13,16-17,24H,4-5,7,11-12,14-15H2,1-3H3,(H,25,27,28)/b8-6+/t17-/m1/s1. The van der Waals surface area contributed by atoms with Gasteiger partial charge in [-0.2, -0.15) is 0 Å². The van der Waals surface area contributed by atoms with Crippen LogP contribution in [0.5, 0.6) is 5.75 Å². The molecule has 1 aliphatic heterocycles. The van der Waals surface area contributed by atoms with Crippen LogP contribution in [0.25, 0.3) is 0 Å². The van der Waals surface area contributed by atoms with E-state index in [2.05, 4.69) is 17.6 Å². The van der Waals surface area contributed by atoms with Crippen molar-refractivity contribution in [3.63, 3.8) is 0 Å². The molecule has 1 atom stereocenters. The lowest BCUT2D eigenvalue weighted by molar-refractivity contribution is -0.118. The maximum atomic E-state index is 13.9. The summed E-state index contributed by atoms with van der Waals surface area (Å²) in [6.45, 7) is 8.07. The van der Waals surface area contributed by atoms with Crippen LogP contribution in [-0.2, 0) is 4.79 Å². The zero-order chi connectivity index (χ0) is 21.2. The molecule has 7 heteroatoms. The molecule has 1 aromatic rings. The normalized spacial score (nSPS) is 15.4. The molecule has 6 nitrogen and oxygen atoms in total. The van der Waals surface area contributed by atoms with Gasteiger partial charge in [0, 0.05) is 12.6 Å². The van der Waals surface area contributed by atoms with E-state index in [0.717, 1.165) is 31.4 Å². The second-order valence-electron chi connectivity index (χ2n) is 7.77. The Morgan fingerprint density at radius 3 is 2.72 bits per heavy atom. The molecule has 0 bridgehead atoms. The fourth-order valence-corrected chi connectivity index (χ4v) is 2.93. The third-order valence-electron chi connectivity index (χ3n) is 4.64. The second kappa shape index (κ2) is 11.6. The second-order valence-corrected chi connectivity index (χ2v) is 7.77.